The van der Waals surface area contributed by atoms with E-state index in [-0.39, 0.29) is 0 Å². The van der Waals surface area contributed by atoms with Crippen LogP contribution >= 0.6 is 22.9 Å². The second-order valence-electron chi connectivity index (χ2n) is 5.60. The summed E-state index contributed by atoms with van der Waals surface area (Å²) < 4.78 is 2.43. The minimum atomic E-state index is 0.504. The maximum Gasteiger partial charge on any atom is 0.0706 e. The van der Waals surface area contributed by atoms with Crippen molar-refractivity contribution < 1.29 is 0 Å². The van der Waals surface area contributed by atoms with E-state index in [4.69, 9.17) is 0 Å². The van der Waals surface area contributed by atoms with Gasteiger partial charge in [-0.3, -0.25) is 0 Å². The van der Waals surface area contributed by atoms with Crippen molar-refractivity contribution in [2.75, 3.05) is 3.11 Å². The van der Waals surface area contributed by atoms with Gasteiger partial charge in [-0.1, -0.05) is 35.4 Å². The van der Waals surface area contributed by atoms with Gasteiger partial charge in [0.05, 0.1) is 34.6 Å². The topological polar surface area (TPSA) is 3.24 Å². The largest absolute Gasteiger partial charge is 0.306 e. The quantitative estimate of drug-likeness (QED) is 0.478. The van der Waals surface area contributed by atoms with Crippen molar-refractivity contribution in [1.82, 2.24) is 0 Å². The van der Waals surface area contributed by atoms with Crippen molar-refractivity contribution in [2.45, 2.75) is 39.7 Å². The molecule has 2 atom stereocenters. The summed E-state index contributed by atoms with van der Waals surface area (Å²) in [5.41, 5.74) is 8.56. The zero-order chi connectivity index (χ0) is 13.0. The molecule has 0 radical (unpaired) electrons. The smallest absolute Gasteiger partial charge is 0.0706 e. The molecule has 2 heteroatoms. The van der Waals surface area contributed by atoms with Crippen molar-refractivity contribution in [3.63, 3.8) is 0 Å². The first-order valence-electron chi connectivity index (χ1n) is 6.42. The third-order valence-electron chi connectivity index (χ3n) is 4.00. The van der Waals surface area contributed by atoms with Crippen LogP contribution in [0.2, 0.25) is 0 Å². The van der Waals surface area contributed by atoms with Gasteiger partial charge in [-0.2, -0.15) is 0 Å². The highest BCUT2D eigenvalue weighted by Crippen LogP contribution is 2.50. The average Bonchev–Trinajstić information content (AvgIpc) is 2.52. The molecule has 1 aliphatic heterocycles. The summed E-state index contributed by atoms with van der Waals surface area (Å²) in [4.78, 5) is 0. The van der Waals surface area contributed by atoms with Crippen LogP contribution in [0.4, 0.5) is 5.69 Å². The number of hydrogen-bond acceptors (Lipinski definition) is 1. The molecule has 0 N–H and O–H groups in total. The highest BCUT2D eigenvalue weighted by molar-refractivity contribution is 14.1. The minimum absolute atomic E-state index is 0.504. The number of rotatable bonds is 0. The van der Waals surface area contributed by atoms with Gasteiger partial charge in [0.15, 0.2) is 0 Å². The molecule has 2 aliphatic rings. The van der Waals surface area contributed by atoms with Crippen LogP contribution in [-0.4, -0.2) is 6.04 Å². The van der Waals surface area contributed by atoms with Crippen LogP contribution in [0.3, 0.4) is 0 Å². The molecular formula is C16H18IN. The normalized spacial score (nSPS) is 25.5. The Morgan fingerprint density at radius 1 is 1.11 bits per heavy atom. The number of anilines is 1. The maximum atomic E-state index is 2.48. The Bertz CT molecular complexity index is 583. The van der Waals surface area contributed by atoms with E-state index >= 15 is 0 Å². The van der Waals surface area contributed by atoms with E-state index in [9.17, 15) is 0 Å². The zero-order valence-electron chi connectivity index (χ0n) is 11.3. The monoisotopic (exact) mass is 351 g/mol. The molecule has 18 heavy (non-hydrogen) atoms. The van der Waals surface area contributed by atoms with Gasteiger partial charge in [0.1, 0.15) is 0 Å². The van der Waals surface area contributed by atoms with Crippen LogP contribution < -0.4 is 3.11 Å². The lowest BCUT2D eigenvalue weighted by Gasteiger charge is -2.28. The van der Waals surface area contributed by atoms with E-state index in [1.54, 1.807) is 0 Å². The lowest BCUT2D eigenvalue weighted by Crippen LogP contribution is -2.28. The number of benzene rings is 1. The first-order valence-corrected chi connectivity index (χ1v) is 7.38. The number of fused-ring (bicyclic) bond motifs is 3. The lowest BCUT2D eigenvalue weighted by atomic mass is 9.84. The molecule has 0 amide bonds. The zero-order valence-corrected chi connectivity index (χ0v) is 13.4. The summed E-state index contributed by atoms with van der Waals surface area (Å²) in [5, 5.41) is 0. The van der Waals surface area contributed by atoms with E-state index in [1.807, 2.05) is 0 Å². The molecule has 1 aliphatic carbocycles. The Labute approximate surface area is 123 Å². The van der Waals surface area contributed by atoms with Crippen LogP contribution in [0.15, 0.2) is 35.4 Å². The second kappa shape index (κ2) is 4.12. The van der Waals surface area contributed by atoms with Crippen LogP contribution in [0.25, 0.3) is 0 Å². The number of hydrogen-bond donors (Lipinski definition) is 0. The van der Waals surface area contributed by atoms with Gasteiger partial charge >= 0.3 is 0 Å². The SMILES string of the molecule is CC1=CC2c3cc(C)cc(C)c3N(I)C2C(C)=C1. The highest BCUT2D eigenvalue weighted by atomic mass is 127. The summed E-state index contributed by atoms with van der Waals surface area (Å²) in [6, 6.07) is 5.16. The molecule has 0 spiro atoms. The van der Waals surface area contributed by atoms with Crippen molar-refractivity contribution >= 4 is 28.6 Å². The molecule has 1 aromatic rings. The molecule has 1 aromatic carbocycles. The fraction of sp³-hybridized carbons (Fsp3) is 0.375. The molecule has 0 bridgehead atoms. The molecule has 1 nitrogen and oxygen atoms in total. The van der Waals surface area contributed by atoms with Gasteiger partial charge in [0, 0.05) is 5.92 Å². The highest BCUT2D eigenvalue weighted by Gasteiger charge is 2.39. The molecule has 2 unspecified atom stereocenters. The van der Waals surface area contributed by atoms with Gasteiger partial charge in [-0.15, -0.1) is 0 Å². The first kappa shape index (κ1) is 12.3. The lowest BCUT2D eigenvalue weighted by molar-refractivity contribution is 0.732. The van der Waals surface area contributed by atoms with E-state index in [0.29, 0.717) is 12.0 Å². The molecule has 3 rings (SSSR count). The Morgan fingerprint density at radius 3 is 2.56 bits per heavy atom. The summed E-state index contributed by atoms with van der Waals surface area (Å²) in [5.74, 6) is 0.528. The molecule has 94 valence electrons. The summed E-state index contributed by atoms with van der Waals surface area (Å²) >= 11 is 2.48. The summed E-state index contributed by atoms with van der Waals surface area (Å²) in [6.07, 6.45) is 4.74. The van der Waals surface area contributed by atoms with Gasteiger partial charge in [-0.25, -0.2) is 0 Å². The average molecular weight is 351 g/mol. The number of halogens is 1. The third kappa shape index (κ3) is 1.65. The summed E-state index contributed by atoms with van der Waals surface area (Å²) in [7, 11) is 0. The predicted octanol–water partition coefficient (Wildman–Crippen LogP) is 4.83. The van der Waals surface area contributed by atoms with E-state index < -0.39 is 0 Å². The van der Waals surface area contributed by atoms with Gasteiger partial charge in [-0.05, 0) is 44.4 Å². The van der Waals surface area contributed by atoms with Crippen LogP contribution in [0.5, 0.6) is 0 Å². The Morgan fingerprint density at radius 2 is 1.83 bits per heavy atom. The molecule has 0 aromatic heterocycles. The van der Waals surface area contributed by atoms with Crippen LogP contribution in [0, 0.1) is 13.8 Å². The molecule has 0 saturated carbocycles. The number of aryl methyl sites for hydroxylation is 2. The fourth-order valence-electron chi connectivity index (χ4n) is 3.41. The van der Waals surface area contributed by atoms with Gasteiger partial charge in [0.2, 0.25) is 0 Å². The van der Waals surface area contributed by atoms with E-state index in [2.05, 4.69) is 78.0 Å². The minimum Gasteiger partial charge on any atom is -0.306 e. The van der Waals surface area contributed by atoms with E-state index in [0.717, 1.165) is 0 Å². The number of nitrogens with zero attached hydrogens (tertiary/aromatic N) is 1. The third-order valence-corrected chi connectivity index (χ3v) is 5.08. The standard InChI is InChI=1S/C16H18IN/c1-9-5-11(3)15-13(7-9)14-8-10(2)6-12(4)16(14)18(15)17/h5-8,13,15H,1-4H3. The number of allylic oxidation sites excluding steroid dienone is 2. The second-order valence-corrected chi connectivity index (χ2v) is 6.64. The Balaban J connectivity index is 2.23. The van der Waals surface area contributed by atoms with Crippen molar-refractivity contribution in [1.29, 1.82) is 0 Å². The molecule has 0 saturated heterocycles. The summed E-state index contributed by atoms with van der Waals surface area (Å²) in [6.45, 7) is 8.89. The molecule has 0 fully saturated rings. The van der Waals surface area contributed by atoms with E-state index in [1.165, 1.54) is 33.5 Å². The Kier molecular flexibility index (Phi) is 2.81. The van der Waals surface area contributed by atoms with Crippen LogP contribution in [0.1, 0.15) is 36.5 Å². The first-order chi connectivity index (χ1) is 8.49. The van der Waals surface area contributed by atoms with Gasteiger partial charge in [0.25, 0.3) is 0 Å². The van der Waals surface area contributed by atoms with Crippen molar-refractivity contribution in [2.24, 2.45) is 0 Å². The molecular weight excluding hydrogens is 333 g/mol. The maximum absolute atomic E-state index is 2.48. The predicted molar refractivity (Wildman–Crippen MR) is 86.5 cm³/mol. The molecule has 1 heterocycles. The fourth-order valence-corrected chi connectivity index (χ4v) is 4.85. The van der Waals surface area contributed by atoms with Gasteiger partial charge < -0.3 is 3.11 Å². The Hall–Kier alpha value is -0.770. The van der Waals surface area contributed by atoms with Crippen LogP contribution in [-0.2, 0) is 0 Å². The van der Waals surface area contributed by atoms with Crippen molar-refractivity contribution in [3.05, 3.63) is 52.1 Å². The van der Waals surface area contributed by atoms with Crippen molar-refractivity contribution in [3.8, 4) is 0 Å².